The summed E-state index contributed by atoms with van der Waals surface area (Å²) in [5.41, 5.74) is 1.98. The molecule has 2 N–H and O–H groups in total. The highest BCUT2D eigenvalue weighted by Gasteiger charge is 2.06. The van der Waals surface area contributed by atoms with E-state index in [-0.39, 0.29) is 5.75 Å². The van der Waals surface area contributed by atoms with Crippen LogP contribution in [0.2, 0.25) is 0 Å². The molecule has 102 valence electrons. The van der Waals surface area contributed by atoms with Crippen molar-refractivity contribution in [3.63, 3.8) is 0 Å². The standard InChI is InChI=1S/C14H13N3O2S/c1-9-8-20-14(17-9)10(6-15)7-16-11-3-4-13(19-2)12(18)5-11/h3-5,7-8,16,18H,1-2H3/b10-7+. The Morgan fingerprint density at radius 1 is 1.55 bits per heavy atom. The summed E-state index contributed by atoms with van der Waals surface area (Å²) in [6.45, 7) is 1.88. The number of hydrogen-bond donors (Lipinski definition) is 2. The first-order chi connectivity index (χ1) is 9.63. The van der Waals surface area contributed by atoms with Gasteiger partial charge in [0, 0.05) is 29.0 Å². The van der Waals surface area contributed by atoms with Crippen LogP contribution in [0.5, 0.6) is 11.5 Å². The van der Waals surface area contributed by atoms with Gasteiger partial charge in [-0.3, -0.25) is 0 Å². The maximum Gasteiger partial charge on any atom is 0.160 e. The van der Waals surface area contributed by atoms with E-state index in [1.54, 1.807) is 18.3 Å². The highest BCUT2D eigenvalue weighted by Crippen LogP contribution is 2.29. The Balaban J connectivity index is 2.19. The van der Waals surface area contributed by atoms with Crippen molar-refractivity contribution < 1.29 is 9.84 Å². The number of nitrogens with one attached hydrogen (secondary N) is 1. The van der Waals surface area contributed by atoms with Gasteiger partial charge in [-0.25, -0.2) is 4.98 Å². The van der Waals surface area contributed by atoms with E-state index >= 15 is 0 Å². The maximum atomic E-state index is 9.67. The molecule has 1 aromatic heterocycles. The second-order valence-corrected chi connectivity index (χ2v) is 4.85. The molecule has 0 aliphatic carbocycles. The van der Waals surface area contributed by atoms with E-state index in [0.717, 1.165) is 5.69 Å². The maximum absolute atomic E-state index is 9.67. The minimum absolute atomic E-state index is 0.0366. The number of aromatic nitrogens is 1. The number of anilines is 1. The lowest BCUT2D eigenvalue weighted by molar-refractivity contribution is 0.373. The van der Waals surface area contributed by atoms with Crippen molar-refractivity contribution in [1.29, 1.82) is 5.26 Å². The summed E-state index contributed by atoms with van der Waals surface area (Å²) in [5, 5.41) is 24.3. The summed E-state index contributed by atoms with van der Waals surface area (Å²) >= 11 is 1.42. The number of nitrogens with zero attached hydrogens (tertiary/aromatic N) is 2. The molecule has 0 fully saturated rings. The lowest BCUT2D eigenvalue weighted by Gasteiger charge is -2.06. The average Bonchev–Trinajstić information content (AvgIpc) is 2.86. The summed E-state index contributed by atoms with van der Waals surface area (Å²) in [4.78, 5) is 4.26. The first-order valence-electron chi connectivity index (χ1n) is 5.80. The highest BCUT2D eigenvalue weighted by molar-refractivity contribution is 7.10. The third-order valence-corrected chi connectivity index (χ3v) is 3.53. The fraction of sp³-hybridized carbons (Fsp3) is 0.143. The summed E-state index contributed by atoms with van der Waals surface area (Å²) in [6, 6.07) is 7.01. The van der Waals surface area contributed by atoms with E-state index in [9.17, 15) is 5.11 Å². The van der Waals surface area contributed by atoms with Crippen LogP contribution in [-0.4, -0.2) is 17.2 Å². The topological polar surface area (TPSA) is 78.2 Å². The van der Waals surface area contributed by atoms with Gasteiger partial charge in [-0.2, -0.15) is 5.26 Å². The monoisotopic (exact) mass is 287 g/mol. The molecule has 5 nitrogen and oxygen atoms in total. The van der Waals surface area contributed by atoms with E-state index in [4.69, 9.17) is 10.00 Å². The molecular formula is C14H13N3O2S. The van der Waals surface area contributed by atoms with Crippen molar-refractivity contribution in [1.82, 2.24) is 4.98 Å². The minimum Gasteiger partial charge on any atom is -0.504 e. The van der Waals surface area contributed by atoms with Gasteiger partial charge in [0.25, 0.3) is 0 Å². The van der Waals surface area contributed by atoms with Gasteiger partial charge in [0.2, 0.25) is 0 Å². The summed E-state index contributed by atoms with van der Waals surface area (Å²) in [6.07, 6.45) is 1.57. The molecule has 6 heteroatoms. The quantitative estimate of drug-likeness (QED) is 0.845. The minimum atomic E-state index is 0.0366. The summed E-state index contributed by atoms with van der Waals surface area (Å²) < 4.78 is 4.96. The Morgan fingerprint density at radius 3 is 2.90 bits per heavy atom. The van der Waals surface area contributed by atoms with Crippen LogP contribution >= 0.6 is 11.3 Å². The zero-order chi connectivity index (χ0) is 14.5. The van der Waals surface area contributed by atoms with Crippen LogP contribution in [0.15, 0.2) is 29.8 Å². The van der Waals surface area contributed by atoms with Gasteiger partial charge in [-0.1, -0.05) is 0 Å². The Hall–Kier alpha value is -2.52. The van der Waals surface area contributed by atoms with Gasteiger partial charge in [0.05, 0.1) is 7.11 Å². The molecule has 2 aromatic rings. The van der Waals surface area contributed by atoms with Crippen LogP contribution < -0.4 is 10.1 Å². The predicted molar refractivity (Wildman–Crippen MR) is 78.7 cm³/mol. The lowest BCUT2D eigenvalue weighted by atomic mass is 10.2. The number of rotatable bonds is 4. The number of nitriles is 1. The molecule has 20 heavy (non-hydrogen) atoms. The number of methoxy groups -OCH3 is 1. The smallest absolute Gasteiger partial charge is 0.160 e. The fourth-order valence-corrected chi connectivity index (χ4v) is 2.32. The van der Waals surface area contributed by atoms with Crippen molar-refractivity contribution in [2.75, 3.05) is 12.4 Å². The zero-order valence-electron chi connectivity index (χ0n) is 11.0. The average molecular weight is 287 g/mol. The number of benzene rings is 1. The summed E-state index contributed by atoms with van der Waals surface area (Å²) in [7, 11) is 1.49. The lowest BCUT2D eigenvalue weighted by Crippen LogP contribution is -1.92. The van der Waals surface area contributed by atoms with E-state index in [0.29, 0.717) is 22.0 Å². The number of allylic oxidation sites excluding steroid dienone is 1. The van der Waals surface area contributed by atoms with Crippen LogP contribution in [0.25, 0.3) is 5.57 Å². The second-order valence-electron chi connectivity index (χ2n) is 3.99. The molecule has 0 spiro atoms. The van der Waals surface area contributed by atoms with E-state index < -0.39 is 0 Å². The SMILES string of the molecule is COc1ccc(N/C=C(\C#N)c2nc(C)cs2)cc1O. The number of ether oxygens (including phenoxy) is 1. The fourth-order valence-electron chi connectivity index (χ4n) is 1.55. The molecule has 0 bridgehead atoms. The van der Waals surface area contributed by atoms with Crippen LogP contribution in [0.3, 0.4) is 0 Å². The third kappa shape index (κ3) is 3.08. The molecule has 0 saturated heterocycles. The highest BCUT2D eigenvalue weighted by atomic mass is 32.1. The van der Waals surface area contributed by atoms with Crippen LogP contribution in [0.1, 0.15) is 10.7 Å². The molecule has 1 aromatic carbocycles. The van der Waals surface area contributed by atoms with Gasteiger partial charge in [-0.15, -0.1) is 11.3 Å². The number of hydrogen-bond acceptors (Lipinski definition) is 6. The van der Waals surface area contributed by atoms with Gasteiger partial charge in [0.15, 0.2) is 11.5 Å². The van der Waals surface area contributed by atoms with Crippen molar-refractivity contribution in [2.24, 2.45) is 0 Å². The van der Waals surface area contributed by atoms with E-state index in [1.807, 2.05) is 12.3 Å². The molecule has 0 amide bonds. The molecule has 0 saturated carbocycles. The van der Waals surface area contributed by atoms with Crippen LogP contribution in [0.4, 0.5) is 5.69 Å². The van der Waals surface area contributed by atoms with Crippen LogP contribution in [-0.2, 0) is 0 Å². The second kappa shape index (κ2) is 6.08. The summed E-state index contributed by atoms with van der Waals surface area (Å²) in [5.74, 6) is 0.435. The number of aryl methyl sites for hydroxylation is 1. The van der Waals surface area contributed by atoms with Gasteiger partial charge in [-0.05, 0) is 19.1 Å². The predicted octanol–water partition coefficient (Wildman–Crippen LogP) is 3.14. The van der Waals surface area contributed by atoms with E-state index in [2.05, 4.69) is 16.4 Å². The molecule has 1 heterocycles. The van der Waals surface area contributed by atoms with Crippen molar-refractivity contribution in [2.45, 2.75) is 6.92 Å². The molecular weight excluding hydrogens is 274 g/mol. The van der Waals surface area contributed by atoms with Gasteiger partial charge >= 0.3 is 0 Å². The van der Waals surface area contributed by atoms with E-state index in [1.165, 1.54) is 24.5 Å². The Bertz CT molecular complexity index is 686. The molecule has 0 unspecified atom stereocenters. The molecule has 0 aliphatic rings. The Labute approximate surface area is 120 Å². The molecule has 0 radical (unpaired) electrons. The van der Waals surface area contributed by atoms with Crippen molar-refractivity contribution in [3.8, 4) is 17.6 Å². The normalized spacial score (nSPS) is 10.9. The van der Waals surface area contributed by atoms with Crippen molar-refractivity contribution in [3.05, 3.63) is 40.5 Å². The number of phenolic OH excluding ortho intramolecular Hbond substituents is 1. The Morgan fingerprint density at radius 2 is 2.35 bits per heavy atom. The molecule has 2 rings (SSSR count). The third-order valence-electron chi connectivity index (χ3n) is 2.53. The van der Waals surface area contributed by atoms with Crippen molar-refractivity contribution >= 4 is 22.6 Å². The Kier molecular flexibility index (Phi) is 4.23. The van der Waals surface area contributed by atoms with Gasteiger partial charge < -0.3 is 15.2 Å². The molecule has 0 aliphatic heterocycles. The first-order valence-corrected chi connectivity index (χ1v) is 6.68. The number of thiazole rings is 1. The molecule has 0 atom stereocenters. The zero-order valence-corrected chi connectivity index (χ0v) is 11.9. The largest absolute Gasteiger partial charge is 0.504 e. The number of aromatic hydroxyl groups is 1. The van der Waals surface area contributed by atoms with Crippen LogP contribution in [0, 0.1) is 18.3 Å². The van der Waals surface area contributed by atoms with Gasteiger partial charge in [0.1, 0.15) is 16.6 Å². The number of phenols is 1. The first kappa shape index (κ1) is 13.9.